The molecule has 0 bridgehead atoms. The molecule has 0 spiro atoms. The summed E-state index contributed by atoms with van der Waals surface area (Å²) in [4.78, 5) is 15.7. The SMILES string of the molecule is C=c1ncc(C#CC(N)=O)c2c1=c1cc(-c3ccccc3OCC)ccc1=C(NCC)N2. The first-order chi connectivity index (χ1) is 15.5. The highest BCUT2D eigenvalue weighted by Crippen LogP contribution is 2.30. The fourth-order valence-corrected chi connectivity index (χ4v) is 3.83. The number of pyridine rings is 1. The maximum Gasteiger partial charge on any atom is 0.293 e. The van der Waals surface area contributed by atoms with E-state index in [2.05, 4.69) is 52.2 Å². The van der Waals surface area contributed by atoms with Crippen LogP contribution in [0.5, 0.6) is 5.75 Å². The number of para-hydroxylation sites is 1. The number of anilines is 1. The van der Waals surface area contributed by atoms with E-state index < -0.39 is 5.91 Å². The van der Waals surface area contributed by atoms with Crippen molar-refractivity contribution in [2.24, 2.45) is 5.73 Å². The topological polar surface area (TPSA) is 89.3 Å². The molecule has 32 heavy (non-hydrogen) atoms. The summed E-state index contributed by atoms with van der Waals surface area (Å²) < 4.78 is 5.85. The largest absolute Gasteiger partial charge is 0.493 e. The molecule has 0 radical (unpaired) electrons. The van der Waals surface area contributed by atoms with Gasteiger partial charge in [0, 0.05) is 34.7 Å². The summed E-state index contributed by atoms with van der Waals surface area (Å²) in [5.74, 6) is 6.22. The quantitative estimate of drug-likeness (QED) is 0.544. The molecule has 1 amide bonds. The molecule has 0 atom stereocenters. The number of amides is 1. The van der Waals surface area contributed by atoms with Crippen molar-refractivity contribution in [3.63, 3.8) is 0 Å². The predicted octanol–water partition coefficient (Wildman–Crippen LogP) is 1.78. The molecule has 2 heterocycles. The molecule has 1 aliphatic heterocycles. The van der Waals surface area contributed by atoms with E-state index in [-0.39, 0.29) is 0 Å². The number of hydrogen-bond donors (Lipinski definition) is 3. The van der Waals surface area contributed by atoms with Gasteiger partial charge in [-0.15, -0.1) is 0 Å². The van der Waals surface area contributed by atoms with Gasteiger partial charge in [-0.05, 0) is 36.8 Å². The number of ether oxygens (including phenoxy) is 1. The Morgan fingerprint density at radius 3 is 2.78 bits per heavy atom. The number of benzene rings is 2. The average Bonchev–Trinajstić information content (AvgIpc) is 2.79. The molecule has 4 N–H and O–H groups in total. The Kier molecular flexibility index (Phi) is 5.82. The van der Waals surface area contributed by atoms with E-state index in [1.807, 2.05) is 38.1 Å². The maximum atomic E-state index is 11.2. The summed E-state index contributed by atoms with van der Waals surface area (Å²) >= 11 is 0. The van der Waals surface area contributed by atoms with E-state index in [4.69, 9.17) is 10.5 Å². The maximum absolute atomic E-state index is 11.2. The summed E-state index contributed by atoms with van der Waals surface area (Å²) in [7, 11) is 0. The van der Waals surface area contributed by atoms with Crippen molar-refractivity contribution >= 4 is 24.0 Å². The van der Waals surface area contributed by atoms with Crippen LogP contribution in [0.15, 0.2) is 48.7 Å². The van der Waals surface area contributed by atoms with Gasteiger partial charge in [-0.2, -0.15) is 0 Å². The van der Waals surface area contributed by atoms with Gasteiger partial charge in [0.05, 0.1) is 23.2 Å². The standard InChI is InChI=1S/C26H24N4O2/c1-4-28-26-20-12-10-17(19-8-6-7-9-22(19)32-5-2)14-21(20)24-16(3)29-15-18(25(24)30-26)11-13-23(27)31/h6-10,12,14-15,28,30H,3-5H2,1-2H3,(H2,27,31). The van der Waals surface area contributed by atoms with Gasteiger partial charge in [0.15, 0.2) is 0 Å². The Morgan fingerprint density at radius 2 is 2.03 bits per heavy atom. The van der Waals surface area contributed by atoms with Crippen LogP contribution in [-0.2, 0) is 4.79 Å². The normalized spacial score (nSPS) is 11.4. The lowest BCUT2D eigenvalue weighted by molar-refractivity contribution is -0.112. The van der Waals surface area contributed by atoms with E-state index in [1.54, 1.807) is 6.20 Å². The Labute approximate surface area is 186 Å². The first-order valence-corrected chi connectivity index (χ1v) is 10.4. The number of nitrogens with two attached hydrogens (primary N) is 1. The van der Waals surface area contributed by atoms with E-state index in [0.717, 1.165) is 50.6 Å². The highest BCUT2D eigenvalue weighted by molar-refractivity contribution is 5.93. The molecular weight excluding hydrogens is 400 g/mol. The molecule has 0 saturated heterocycles. The zero-order valence-corrected chi connectivity index (χ0v) is 18.1. The van der Waals surface area contributed by atoms with Crippen LogP contribution in [0.25, 0.3) is 23.5 Å². The van der Waals surface area contributed by atoms with E-state index in [9.17, 15) is 4.79 Å². The number of hydrogen-bond acceptors (Lipinski definition) is 5. The second-order valence-electron chi connectivity index (χ2n) is 7.20. The first-order valence-electron chi connectivity index (χ1n) is 10.4. The summed E-state index contributed by atoms with van der Waals surface area (Å²) in [6.07, 6.45) is 1.60. The molecule has 0 fully saturated rings. The Hall–Kier alpha value is -4.24. The minimum absolute atomic E-state index is 0.576. The average molecular weight is 425 g/mol. The third-order valence-electron chi connectivity index (χ3n) is 5.14. The van der Waals surface area contributed by atoms with Crippen LogP contribution in [0.3, 0.4) is 0 Å². The number of carbonyl (C=O) groups is 1. The van der Waals surface area contributed by atoms with Gasteiger partial charge >= 0.3 is 0 Å². The van der Waals surface area contributed by atoms with Crippen LogP contribution in [0.1, 0.15) is 19.4 Å². The molecular formula is C26H24N4O2. The number of rotatable bonds is 5. The minimum atomic E-state index is -0.695. The van der Waals surface area contributed by atoms with Crippen LogP contribution in [0, 0.1) is 22.3 Å². The van der Waals surface area contributed by atoms with Crippen molar-refractivity contribution in [2.75, 3.05) is 18.5 Å². The summed E-state index contributed by atoms with van der Waals surface area (Å²) in [6, 6.07) is 14.2. The molecule has 160 valence electrons. The summed E-state index contributed by atoms with van der Waals surface area (Å²) in [6.45, 7) is 9.46. The molecule has 3 aromatic rings. The molecule has 4 rings (SSSR count). The fourth-order valence-electron chi connectivity index (χ4n) is 3.83. The van der Waals surface area contributed by atoms with Crippen LogP contribution in [0.4, 0.5) is 5.69 Å². The van der Waals surface area contributed by atoms with Gasteiger partial charge in [-0.25, -0.2) is 0 Å². The molecule has 2 aromatic carbocycles. The van der Waals surface area contributed by atoms with Gasteiger partial charge in [0.25, 0.3) is 5.91 Å². The second-order valence-corrected chi connectivity index (χ2v) is 7.20. The minimum Gasteiger partial charge on any atom is -0.493 e. The number of primary amides is 1. The number of aromatic nitrogens is 1. The number of nitrogens with one attached hydrogen (secondary N) is 2. The third-order valence-corrected chi connectivity index (χ3v) is 5.14. The van der Waals surface area contributed by atoms with E-state index in [0.29, 0.717) is 17.5 Å². The first kappa shape index (κ1) is 21.0. The van der Waals surface area contributed by atoms with Crippen molar-refractivity contribution in [3.8, 4) is 28.7 Å². The van der Waals surface area contributed by atoms with Crippen molar-refractivity contribution in [1.82, 2.24) is 10.3 Å². The molecule has 1 aromatic heterocycles. The molecule has 0 saturated carbocycles. The van der Waals surface area contributed by atoms with Crippen molar-refractivity contribution < 1.29 is 9.53 Å². The van der Waals surface area contributed by atoms with Crippen molar-refractivity contribution in [3.05, 3.63) is 75.2 Å². The van der Waals surface area contributed by atoms with Gasteiger partial charge in [-0.3, -0.25) is 9.78 Å². The van der Waals surface area contributed by atoms with Gasteiger partial charge in [0.1, 0.15) is 11.6 Å². The molecule has 1 aliphatic rings. The van der Waals surface area contributed by atoms with Gasteiger partial charge < -0.3 is 21.1 Å². The summed E-state index contributed by atoms with van der Waals surface area (Å²) in [5.41, 5.74) is 8.57. The summed E-state index contributed by atoms with van der Waals surface area (Å²) in [5, 5.41) is 10.2. The molecule has 6 heteroatoms. The van der Waals surface area contributed by atoms with Gasteiger partial charge in [0.2, 0.25) is 0 Å². The lowest BCUT2D eigenvalue weighted by atomic mass is 9.99. The van der Waals surface area contributed by atoms with Crippen LogP contribution in [-0.4, -0.2) is 24.0 Å². The number of fused-ring (bicyclic) bond motifs is 2. The Morgan fingerprint density at radius 1 is 1.22 bits per heavy atom. The number of carbonyl (C=O) groups excluding carboxylic acids is 1. The second kappa shape index (κ2) is 8.86. The zero-order chi connectivity index (χ0) is 22.7. The van der Waals surface area contributed by atoms with Crippen LogP contribution in [0.2, 0.25) is 0 Å². The monoisotopic (exact) mass is 424 g/mol. The molecule has 6 nitrogen and oxygen atoms in total. The fraction of sp³-hybridized carbons (Fsp3) is 0.154. The zero-order valence-electron chi connectivity index (χ0n) is 18.1. The Bertz CT molecular complexity index is 1480. The van der Waals surface area contributed by atoms with Crippen LogP contribution >= 0.6 is 0 Å². The van der Waals surface area contributed by atoms with Gasteiger partial charge in [-0.1, -0.05) is 42.8 Å². The lowest BCUT2D eigenvalue weighted by Gasteiger charge is -2.19. The predicted molar refractivity (Wildman–Crippen MR) is 127 cm³/mol. The highest BCUT2D eigenvalue weighted by Gasteiger charge is 2.15. The lowest BCUT2D eigenvalue weighted by Crippen LogP contribution is -2.31. The van der Waals surface area contributed by atoms with Crippen molar-refractivity contribution in [1.29, 1.82) is 0 Å². The number of nitrogens with zero attached hydrogens (tertiary/aromatic N) is 1. The van der Waals surface area contributed by atoms with E-state index >= 15 is 0 Å². The van der Waals surface area contributed by atoms with E-state index in [1.165, 1.54) is 0 Å². The van der Waals surface area contributed by atoms with Crippen molar-refractivity contribution in [2.45, 2.75) is 13.8 Å². The highest BCUT2D eigenvalue weighted by atomic mass is 16.5. The van der Waals surface area contributed by atoms with Crippen LogP contribution < -0.4 is 31.7 Å². The Balaban J connectivity index is 2.11. The third kappa shape index (κ3) is 3.88. The molecule has 0 unspecified atom stereocenters. The molecule has 0 aliphatic carbocycles. The smallest absolute Gasteiger partial charge is 0.293 e.